The number of aryl methyl sites for hydroxylation is 1. The Labute approximate surface area is 99.6 Å². The van der Waals surface area contributed by atoms with Crippen molar-refractivity contribution < 1.29 is 4.74 Å². The Kier molecular flexibility index (Phi) is 2.63. The molecule has 17 heavy (non-hydrogen) atoms. The topological polar surface area (TPSA) is 67.0 Å². The quantitative estimate of drug-likeness (QED) is 0.822. The van der Waals surface area contributed by atoms with Crippen LogP contribution in [0.3, 0.4) is 0 Å². The van der Waals surface area contributed by atoms with Crippen LogP contribution >= 0.6 is 0 Å². The molecule has 3 unspecified atom stereocenters. The average Bonchev–Trinajstić information content (AvgIpc) is 2.90. The molecule has 1 aromatic rings. The minimum Gasteiger partial charge on any atom is -0.373 e. The van der Waals surface area contributed by atoms with E-state index in [1.807, 2.05) is 6.92 Å². The molecule has 0 aromatic carbocycles. The zero-order valence-electron chi connectivity index (χ0n) is 9.90. The van der Waals surface area contributed by atoms with Gasteiger partial charge in [0.05, 0.1) is 18.2 Å². The largest absolute Gasteiger partial charge is 0.373 e. The molecule has 2 aliphatic heterocycles. The number of anilines is 1. The lowest BCUT2D eigenvalue weighted by atomic mass is 9.95. The summed E-state index contributed by atoms with van der Waals surface area (Å²) in [5.74, 6) is 1.40. The molecule has 2 N–H and O–H groups in total. The van der Waals surface area contributed by atoms with Gasteiger partial charge in [-0.15, -0.1) is 0 Å². The zero-order valence-corrected chi connectivity index (χ0v) is 9.90. The van der Waals surface area contributed by atoms with Gasteiger partial charge in [-0.3, -0.25) is 4.79 Å². The van der Waals surface area contributed by atoms with Crippen molar-refractivity contribution in [2.24, 2.45) is 0 Å². The molecule has 2 aliphatic rings. The summed E-state index contributed by atoms with van der Waals surface area (Å²) >= 11 is 0. The van der Waals surface area contributed by atoms with Crippen LogP contribution in [-0.4, -0.2) is 28.2 Å². The van der Waals surface area contributed by atoms with Crippen molar-refractivity contribution in [3.63, 3.8) is 0 Å². The lowest BCUT2D eigenvalue weighted by molar-refractivity contribution is 0.102. The van der Waals surface area contributed by atoms with Gasteiger partial charge in [-0.05, 0) is 19.3 Å². The molecule has 2 saturated heterocycles. The van der Waals surface area contributed by atoms with Crippen molar-refractivity contribution in [1.29, 1.82) is 0 Å². The van der Waals surface area contributed by atoms with Crippen molar-refractivity contribution in [3.05, 3.63) is 22.2 Å². The first-order valence-corrected chi connectivity index (χ1v) is 6.27. The van der Waals surface area contributed by atoms with Gasteiger partial charge in [0.2, 0.25) is 0 Å². The zero-order chi connectivity index (χ0) is 11.8. The number of H-pyrrole nitrogens is 1. The van der Waals surface area contributed by atoms with Crippen molar-refractivity contribution in [2.75, 3.05) is 5.32 Å². The van der Waals surface area contributed by atoms with E-state index in [1.165, 1.54) is 12.5 Å². The number of aromatic amines is 1. The maximum absolute atomic E-state index is 11.4. The van der Waals surface area contributed by atoms with Gasteiger partial charge in [-0.1, -0.05) is 6.92 Å². The third-order valence-corrected chi connectivity index (χ3v) is 3.56. The van der Waals surface area contributed by atoms with E-state index in [4.69, 9.17) is 4.74 Å². The first-order chi connectivity index (χ1) is 8.24. The van der Waals surface area contributed by atoms with Crippen LogP contribution in [0.25, 0.3) is 0 Å². The average molecular weight is 235 g/mol. The first kappa shape index (κ1) is 10.8. The first-order valence-electron chi connectivity index (χ1n) is 6.27. The Morgan fingerprint density at radius 2 is 2.47 bits per heavy atom. The molecule has 5 nitrogen and oxygen atoms in total. The molecule has 0 saturated carbocycles. The summed E-state index contributed by atoms with van der Waals surface area (Å²) in [4.78, 5) is 18.5. The number of hydrogen-bond donors (Lipinski definition) is 2. The fourth-order valence-corrected chi connectivity index (χ4v) is 2.73. The Morgan fingerprint density at radius 3 is 3.12 bits per heavy atom. The normalized spacial score (nSPS) is 30.8. The van der Waals surface area contributed by atoms with Gasteiger partial charge < -0.3 is 15.0 Å². The highest BCUT2D eigenvalue weighted by Gasteiger charge is 2.40. The Hall–Kier alpha value is -1.36. The highest BCUT2D eigenvalue weighted by molar-refractivity contribution is 5.35. The summed E-state index contributed by atoms with van der Waals surface area (Å²) in [6, 6.07) is 1.83. The van der Waals surface area contributed by atoms with E-state index >= 15 is 0 Å². The second kappa shape index (κ2) is 4.14. The van der Waals surface area contributed by atoms with E-state index in [9.17, 15) is 4.79 Å². The van der Waals surface area contributed by atoms with Gasteiger partial charge in [-0.25, -0.2) is 4.98 Å². The van der Waals surface area contributed by atoms with Gasteiger partial charge in [0.15, 0.2) is 0 Å². The number of hydrogen-bond acceptors (Lipinski definition) is 4. The Morgan fingerprint density at radius 1 is 1.59 bits per heavy atom. The molecular weight excluding hydrogens is 218 g/mol. The summed E-state index contributed by atoms with van der Waals surface area (Å²) in [5, 5.41) is 3.33. The smallest absolute Gasteiger partial charge is 0.252 e. The second-order valence-corrected chi connectivity index (χ2v) is 4.79. The second-order valence-electron chi connectivity index (χ2n) is 4.79. The molecule has 0 aliphatic carbocycles. The monoisotopic (exact) mass is 235 g/mol. The highest BCUT2D eigenvalue weighted by Crippen LogP contribution is 2.35. The van der Waals surface area contributed by atoms with E-state index in [1.54, 1.807) is 0 Å². The van der Waals surface area contributed by atoms with Crippen LogP contribution in [0.15, 0.2) is 10.9 Å². The number of rotatable bonds is 3. The summed E-state index contributed by atoms with van der Waals surface area (Å²) < 4.78 is 5.77. The minimum atomic E-state index is -0.0941. The van der Waals surface area contributed by atoms with Gasteiger partial charge in [-0.2, -0.15) is 0 Å². The van der Waals surface area contributed by atoms with Crippen LogP contribution in [0.5, 0.6) is 0 Å². The maximum atomic E-state index is 11.4. The lowest BCUT2D eigenvalue weighted by Crippen LogP contribution is -2.31. The van der Waals surface area contributed by atoms with E-state index < -0.39 is 0 Å². The number of fused-ring (bicyclic) bond motifs is 2. The van der Waals surface area contributed by atoms with Crippen LogP contribution in [-0.2, 0) is 11.2 Å². The van der Waals surface area contributed by atoms with Crippen LogP contribution in [0.4, 0.5) is 5.82 Å². The Bertz CT molecular complexity index is 471. The summed E-state index contributed by atoms with van der Waals surface area (Å²) in [5.41, 5.74) is -0.0941. The van der Waals surface area contributed by atoms with Crippen LogP contribution in [0, 0.1) is 0 Å². The summed E-state index contributed by atoms with van der Waals surface area (Å²) in [6.45, 7) is 1.97. The lowest BCUT2D eigenvalue weighted by Gasteiger charge is -2.20. The third kappa shape index (κ3) is 2.07. The molecule has 3 rings (SSSR count). The van der Waals surface area contributed by atoms with Gasteiger partial charge in [0.25, 0.3) is 5.56 Å². The molecule has 0 radical (unpaired) electrons. The van der Waals surface area contributed by atoms with E-state index in [2.05, 4.69) is 15.3 Å². The van der Waals surface area contributed by atoms with Crippen molar-refractivity contribution in [3.8, 4) is 0 Å². The molecule has 3 atom stereocenters. The van der Waals surface area contributed by atoms with Gasteiger partial charge in [0, 0.05) is 12.5 Å². The molecular formula is C12H17N3O2. The molecule has 2 bridgehead atoms. The fourth-order valence-electron chi connectivity index (χ4n) is 2.73. The molecule has 92 valence electrons. The van der Waals surface area contributed by atoms with Gasteiger partial charge in [0.1, 0.15) is 11.6 Å². The fraction of sp³-hybridized carbons (Fsp3) is 0.667. The number of nitrogens with zero attached hydrogens (tertiary/aromatic N) is 1. The number of aromatic nitrogens is 2. The molecule has 5 heteroatoms. The molecule has 2 fully saturated rings. The van der Waals surface area contributed by atoms with E-state index in [-0.39, 0.29) is 5.56 Å². The minimum absolute atomic E-state index is 0.0941. The highest BCUT2D eigenvalue weighted by atomic mass is 16.5. The maximum Gasteiger partial charge on any atom is 0.252 e. The van der Waals surface area contributed by atoms with Gasteiger partial charge >= 0.3 is 0 Å². The van der Waals surface area contributed by atoms with Crippen molar-refractivity contribution in [2.45, 2.75) is 50.9 Å². The number of nitrogens with one attached hydrogen (secondary N) is 2. The van der Waals surface area contributed by atoms with Crippen molar-refractivity contribution in [1.82, 2.24) is 9.97 Å². The SMILES string of the molecule is CCc1nc(NC2CC3CCC2O3)cc(=O)[nH]1. The van der Waals surface area contributed by atoms with Crippen molar-refractivity contribution >= 4 is 5.82 Å². The molecule has 0 spiro atoms. The summed E-state index contributed by atoms with van der Waals surface area (Å²) in [7, 11) is 0. The number of ether oxygens (including phenoxy) is 1. The van der Waals surface area contributed by atoms with E-state index in [0.717, 1.165) is 25.1 Å². The molecule has 1 aromatic heterocycles. The molecule has 0 amide bonds. The predicted molar refractivity (Wildman–Crippen MR) is 64.2 cm³/mol. The van der Waals surface area contributed by atoms with E-state index in [0.29, 0.717) is 24.1 Å². The Balaban J connectivity index is 1.76. The van der Waals surface area contributed by atoms with Crippen LogP contribution in [0.2, 0.25) is 0 Å². The van der Waals surface area contributed by atoms with Crippen LogP contribution in [0.1, 0.15) is 32.0 Å². The molecule has 3 heterocycles. The van der Waals surface area contributed by atoms with Crippen LogP contribution < -0.4 is 10.9 Å². The standard InChI is InChI=1S/C12H17N3O2/c1-2-10-14-11(6-12(16)15-10)13-8-5-7-3-4-9(8)17-7/h6-9H,2-5H2,1H3,(H2,13,14,15,16). The third-order valence-electron chi connectivity index (χ3n) is 3.56. The summed E-state index contributed by atoms with van der Waals surface area (Å²) in [6.07, 6.45) is 4.76. The predicted octanol–water partition coefficient (Wildman–Crippen LogP) is 1.06.